The van der Waals surface area contributed by atoms with E-state index in [9.17, 15) is 9.59 Å². The number of unbranched alkanes of at least 4 members (excludes halogenated alkanes) is 36. The molecular weight excluding hydrogens is 1110 g/mol. The van der Waals surface area contributed by atoms with Gasteiger partial charge in [0.1, 0.15) is 10.0 Å². The van der Waals surface area contributed by atoms with Crippen LogP contribution >= 0.6 is 61.3 Å². The predicted octanol–water partition coefficient (Wildman–Crippen LogP) is 23.1. The molecule has 440 valence electrons. The number of carbonyl (C=O) groups excluding carboxylic acids is 2. The number of thiazole rings is 2. The number of nitrogens with one attached hydrogen (secondary N) is 2. The molecule has 0 saturated carbocycles. The summed E-state index contributed by atoms with van der Waals surface area (Å²) in [6.07, 6.45) is 55.7. The van der Waals surface area contributed by atoms with Gasteiger partial charge < -0.3 is 10.6 Å². The van der Waals surface area contributed by atoms with E-state index in [1.54, 1.807) is 45.3 Å². The summed E-state index contributed by atoms with van der Waals surface area (Å²) in [4.78, 5) is 44.5. The Bertz CT molecular complexity index is 2420. The molecule has 0 radical (unpaired) electrons. The van der Waals surface area contributed by atoms with Gasteiger partial charge in [-0.3, -0.25) is 9.59 Å². The van der Waals surface area contributed by atoms with E-state index in [-0.39, 0.29) is 11.8 Å². The summed E-state index contributed by atoms with van der Waals surface area (Å²) in [6, 6.07) is 4.61. The van der Waals surface area contributed by atoms with Crippen molar-refractivity contribution in [1.82, 2.24) is 20.6 Å². The van der Waals surface area contributed by atoms with Crippen LogP contribution in [-0.4, -0.2) is 21.8 Å². The third kappa shape index (κ3) is 22.2. The number of amides is 2. The van der Waals surface area contributed by atoms with Crippen molar-refractivity contribution in [2.24, 2.45) is 0 Å². The Morgan fingerprint density at radius 1 is 0.380 bits per heavy atom. The van der Waals surface area contributed by atoms with Crippen LogP contribution in [0.1, 0.15) is 317 Å². The van der Waals surface area contributed by atoms with Crippen LogP contribution in [0.5, 0.6) is 0 Å². The fourth-order valence-corrected chi connectivity index (χ4v) is 16.9. The van der Waals surface area contributed by atoms with Gasteiger partial charge >= 0.3 is 0 Å². The second kappa shape index (κ2) is 39.2. The van der Waals surface area contributed by atoms with E-state index in [0.717, 1.165) is 86.3 Å². The monoisotopic (exact) mass is 1220 g/mol. The van der Waals surface area contributed by atoms with Crippen molar-refractivity contribution < 1.29 is 9.59 Å². The molecule has 2 aliphatic rings. The van der Waals surface area contributed by atoms with Crippen LogP contribution in [-0.2, 0) is 35.3 Å². The molecule has 0 aromatic carbocycles. The predicted molar refractivity (Wildman–Crippen MR) is 351 cm³/mol. The smallest absolute Gasteiger partial charge is 0.258 e. The van der Waals surface area contributed by atoms with Crippen LogP contribution in [0.3, 0.4) is 0 Å². The molecule has 0 saturated heterocycles. The van der Waals surface area contributed by atoms with E-state index in [2.05, 4.69) is 71.8 Å². The van der Waals surface area contributed by atoms with E-state index in [1.165, 1.54) is 252 Å². The van der Waals surface area contributed by atoms with Crippen molar-refractivity contribution >= 4 is 84.5 Å². The van der Waals surface area contributed by atoms with Crippen LogP contribution in [0.2, 0.25) is 0 Å². The molecule has 4 aromatic heterocycles. The molecule has 0 atom stereocenters. The molecule has 6 rings (SSSR count). The topological polar surface area (TPSA) is 84.0 Å². The zero-order valence-electron chi connectivity index (χ0n) is 50.1. The molecule has 79 heavy (non-hydrogen) atoms. The van der Waals surface area contributed by atoms with Crippen molar-refractivity contribution in [3.8, 4) is 19.8 Å². The average Bonchev–Trinajstić information content (AvgIpc) is 4.48. The molecule has 0 spiro atoms. The second-order valence-electron chi connectivity index (χ2n) is 23.4. The first kappa shape index (κ1) is 65.7. The van der Waals surface area contributed by atoms with Crippen LogP contribution in [0, 0.1) is 0 Å². The van der Waals surface area contributed by atoms with E-state index < -0.39 is 0 Å². The molecular formula is C68H105BrN4O2S4. The number of hydrogen-bond acceptors (Lipinski definition) is 8. The largest absolute Gasteiger partial charge is 0.320 e. The first-order chi connectivity index (χ1) is 38.9. The summed E-state index contributed by atoms with van der Waals surface area (Å²) in [5.74, 6) is -0.396. The fraction of sp³-hybridized carbons (Fsp3) is 0.706. The van der Waals surface area contributed by atoms with E-state index in [4.69, 9.17) is 9.97 Å². The van der Waals surface area contributed by atoms with Gasteiger partial charge in [0.2, 0.25) is 0 Å². The van der Waals surface area contributed by atoms with Gasteiger partial charge in [-0.15, -0.1) is 45.3 Å². The number of nitrogens with zero attached hydrogens (tertiary/aromatic N) is 2. The van der Waals surface area contributed by atoms with Gasteiger partial charge in [-0.25, -0.2) is 9.97 Å². The third-order valence-corrected chi connectivity index (χ3v) is 21.8. The first-order valence-electron chi connectivity index (χ1n) is 32.8. The lowest BCUT2D eigenvalue weighted by atomic mass is 10.0. The lowest BCUT2D eigenvalue weighted by Crippen LogP contribution is -2.21. The highest BCUT2D eigenvalue weighted by atomic mass is 79.9. The van der Waals surface area contributed by atoms with Crippen molar-refractivity contribution in [2.45, 2.75) is 310 Å². The van der Waals surface area contributed by atoms with Gasteiger partial charge in [0, 0.05) is 0 Å². The summed E-state index contributed by atoms with van der Waals surface area (Å²) in [7, 11) is 0. The Morgan fingerprint density at radius 2 is 0.696 bits per heavy atom. The van der Waals surface area contributed by atoms with Gasteiger partial charge in [-0.2, -0.15) is 0 Å². The number of halogens is 1. The van der Waals surface area contributed by atoms with Crippen LogP contribution in [0.25, 0.3) is 31.2 Å². The molecule has 6 heterocycles. The van der Waals surface area contributed by atoms with Gasteiger partial charge in [-0.05, 0) is 95.9 Å². The zero-order chi connectivity index (χ0) is 55.7. The highest BCUT2D eigenvalue weighted by Crippen LogP contribution is 2.47. The van der Waals surface area contributed by atoms with Crippen LogP contribution < -0.4 is 10.6 Å². The maximum atomic E-state index is 14.6. The Balaban J connectivity index is 1.23. The fourth-order valence-electron chi connectivity index (χ4n) is 11.8. The Labute approximate surface area is 505 Å². The maximum absolute atomic E-state index is 14.6. The van der Waals surface area contributed by atoms with E-state index >= 15 is 0 Å². The maximum Gasteiger partial charge on any atom is 0.258 e. The summed E-state index contributed by atoms with van der Waals surface area (Å²) < 4.78 is 1.13. The standard InChI is InChI=1S/C68H105BrN4O2S4/c1-5-9-13-17-21-25-29-33-37-41-45-52-49-50-76-61(52)67-70-54(47-43-39-35-31-27-23-19-15-11-7-3)63(78-67)59-57-58(66(75)72-59)60(73-65(57)74)64-55(48-44-40-36-32-28-24-20-16-12-8-4)71-68(79-64)62-53(51-56(69)77-62)46-42-38-34-30-26-22-18-14-10-6-2/h49-51H,5-48H2,1-4H3,(H,72,75)(H,73,74). The molecule has 0 fully saturated rings. The second-order valence-corrected chi connectivity index (χ2v) is 28.8. The third-order valence-electron chi connectivity index (χ3n) is 16.6. The number of aryl methyl sites for hydroxylation is 4. The van der Waals surface area contributed by atoms with E-state index in [0.29, 0.717) is 22.5 Å². The normalized spacial score (nSPS) is 13.5. The number of hydrogen-bond donors (Lipinski definition) is 2. The molecule has 0 unspecified atom stereocenters. The van der Waals surface area contributed by atoms with Gasteiger partial charge in [0.25, 0.3) is 11.8 Å². The minimum atomic E-state index is -0.198. The molecule has 4 aromatic rings. The van der Waals surface area contributed by atoms with E-state index in [1.807, 2.05) is 0 Å². The molecule has 2 amide bonds. The van der Waals surface area contributed by atoms with Gasteiger partial charge in [0.05, 0.1) is 57.2 Å². The quantitative estimate of drug-likeness (QED) is 0.0432. The molecule has 2 aliphatic heterocycles. The Kier molecular flexibility index (Phi) is 32.6. The molecule has 2 N–H and O–H groups in total. The molecule has 6 nitrogen and oxygen atoms in total. The number of carbonyl (C=O) groups is 2. The number of aromatic nitrogens is 2. The van der Waals surface area contributed by atoms with Crippen LogP contribution in [0.15, 0.2) is 32.4 Å². The highest BCUT2D eigenvalue weighted by molar-refractivity contribution is 9.11. The molecule has 0 bridgehead atoms. The molecule has 0 aliphatic carbocycles. The SMILES string of the molecule is CCCCCCCCCCCCc1ccsc1-c1nc(CCCCCCCCCCCC)c(C2=C3C(=O)NC(c4sc(-c5sc(Br)cc5CCCCCCCCCCCC)nc4CCCCCCCCCCCC)=C3C(=O)N2)s1. The number of fused-ring (bicyclic) bond motifs is 1. The lowest BCUT2D eigenvalue weighted by Gasteiger charge is -2.08. The number of rotatable bonds is 48. The van der Waals surface area contributed by atoms with Crippen molar-refractivity contribution in [1.29, 1.82) is 0 Å². The van der Waals surface area contributed by atoms with Crippen molar-refractivity contribution in [3.63, 3.8) is 0 Å². The van der Waals surface area contributed by atoms with Crippen molar-refractivity contribution in [2.75, 3.05) is 0 Å². The minimum Gasteiger partial charge on any atom is -0.320 e. The zero-order valence-corrected chi connectivity index (χ0v) is 54.9. The Hall–Kier alpha value is -2.44. The minimum absolute atomic E-state index is 0.198. The highest BCUT2D eigenvalue weighted by Gasteiger charge is 2.43. The first-order valence-corrected chi connectivity index (χ1v) is 37.0. The Morgan fingerprint density at radius 3 is 1.06 bits per heavy atom. The summed E-state index contributed by atoms with van der Waals surface area (Å²) >= 11 is 10.8. The van der Waals surface area contributed by atoms with Gasteiger partial charge in [-0.1, -0.05) is 259 Å². The van der Waals surface area contributed by atoms with Crippen LogP contribution in [0.4, 0.5) is 0 Å². The summed E-state index contributed by atoms with van der Waals surface area (Å²) in [5.41, 5.74) is 7.01. The van der Waals surface area contributed by atoms with Gasteiger partial charge in [0.15, 0.2) is 0 Å². The lowest BCUT2D eigenvalue weighted by molar-refractivity contribution is -0.117. The molecule has 11 heteroatoms. The van der Waals surface area contributed by atoms with Crippen molar-refractivity contribution in [3.05, 3.63) is 64.7 Å². The average molecular weight is 1220 g/mol. The summed E-state index contributed by atoms with van der Waals surface area (Å²) in [6.45, 7) is 9.16. The number of thiophene rings is 2. The summed E-state index contributed by atoms with van der Waals surface area (Å²) in [5, 5.41) is 10.9.